The van der Waals surface area contributed by atoms with Crippen LogP contribution in [-0.4, -0.2) is 53.7 Å². The van der Waals surface area contributed by atoms with E-state index in [1.165, 1.54) is 6.33 Å². The largest absolute Gasteiger partial charge is 0.492 e. The van der Waals surface area contributed by atoms with Crippen molar-refractivity contribution in [2.24, 2.45) is 0 Å². The summed E-state index contributed by atoms with van der Waals surface area (Å²) in [5, 5.41) is 10.1. The van der Waals surface area contributed by atoms with Crippen LogP contribution in [0.3, 0.4) is 0 Å². The first-order chi connectivity index (χ1) is 23.6. The highest BCUT2D eigenvalue weighted by atomic mass is 16.5. The quantitative estimate of drug-likeness (QED) is 0.110. The van der Waals surface area contributed by atoms with E-state index in [4.69, 9.17) is 9.15 Å². The van der Waals surface area contributed by atoms with E-state index >= 15 is 0 Å². The van der Waals surface area contributed by atoms with E-state index in [0.29, 0.717) is 30.2 Å². The van der Waals surface area contributed by atoms with Gasteiger partial charge in [0.15, 0.2) is 0 Å². The van der Waals surface area contributed by atoms with Crippen LogP contribution in [0, 0.1) is 0 Å². The monoisotopic (exact) mass is 640 g/mol. The van der Waals surface area contributed by atoms with Crippen molar-refractivity contribution in [3.05, 3.63) is 121 Å². The molecule has 9 nitrogen and oxygen atoms in total. The van der Waals surface area contributed by atoms with E-state index in [-0.39, 0.29) is 6.03 Å². The minimum Gasteiger partial charge on any atom is -0.492 e. The molecule has 0 bridgehead atoms. The van der Waals surface area contributed by atoms with Crippen LogP contribution in [0.4, 0.5) is 22.0 Å². The molecule has 0 aliphatic carbocycles. The average Bonchev–Trinajstić information content (AvgIpc) is 3.53. The maximum absolute atomic E-state index is 12.6. The molecule has 48 heavy (non-hydrogen) atoms. The number of ether oxygens (including phenoxy) is 1. The Labute approximate surface area is 281 Å². The molecular weight excluding hydrogens is 600 g/mol. The number of urea groups is 1. The number of amides is 2. The summed E-state index contributed by atoms with van der Waals surface area (Å²) < 4.78 is 12.2. The van der Waals surface area contributed by atoms with Crippen LogP contribution in [0.5, 0.6) is 5.75 Å². The number of fused-ring (bicyclic) bond motifs is 1. The third-order valence-corrected chi connectivity index (χ3v) is 8.19. The molecule has 0 aliphatic heterocycles. The fraction of sp³-hybridized carbons (Fsp3) is 0.205. The Balaban J connectivity index is 1.05. The lowest BCUT2D eigenvalue weighted by Gasteiger charge is -2.18. The van der Waals surface area contributed by atoms with Crippen molar-refractivity contribution in [2.45, 2.75) is 20.3 Å². The topological polar surface area (TPSA) is 105 Å². The molecule has 2 aromatic heterocycles. The lowest BCUT2D eigenvalue weighted by Crippen LogP contribution is -2.27. The fourth-order valence-corrected chi connectivity index (χ4v) is 5.58. The normalized spacial score (nSPS) is 11.1. The molecule has 0 saturated carbocycles. The summed E-state index contributed by atoms with van der Waals surface area (Å²) in [4.78, 5) is 24.0. The third-order valence-electron chi connectivity index (χ3n) is 8.19. The van der Waals surface area contributed by atoms with Gasteiger partial charge in [-0.3, -0.25) is 0 Å². The van der Waals surface area contributed by atoms with E-state index in [9.17, 15) is 4.79 Å². The molecule has 0 radical (unpaired) electrons. The Hall–Kier alpha value is -5.67. The summed E-state index contributed by atoms with van der Waals surface area (Å²) in [6, 6.07) is 35.2. The lowest BCUT2D eigenvalue weighted by molar-refractivity contribution is 0.223. The number of hydrogen-bond donors (Lipinski definition) is 3. The molecule has 6 aromatic rings. The summed E-state index contributed by atoms with van der Waals surface area (Å²) in [6.07, 6.45) is 2.28. The second-order valence-electron chi connectivity index (χ2n) is 11.3. The van der Waals surface area contributed by atoms with Crippen LogP contribution >= 0.6 is 0 Å². The summed E-state index contributed by atoms with van der Waals surface area (Å²) in [6.45, 7) is 8.45. The summed E-state index contributed by atoms with van der Waals surface area (Å²) >= 11 is 0. The molecule has 4 aromatic carbocycles. The number of benzene rings is 4. The number of rotatable bonds is 14. The fourth-order valence-electron chi connectivity index (χ4n) is 5.58. The van der Waals surface area contributed by atoms with E-state index in [0.717, 1.165) is 71.0 Å². The first kappa shape index (κ1) is 32.3. The average molecular weight is 641 g/mol. The van der Waals surface area contributed by atoms with Crippen LogP contribution in [0.2, 0.25) is 0 Å². The minimum absolute atomic E-state index is 0.309. The van der Waals surface area contributed by atoms with Gasteiger partial charge in [-0.05, 0) is 67.0 Å². The van der Waals surface area contributed by atoms with Crippen molar-refractivity contribution in [1.82, 2.24) is 14.9 Å². The van der Waals surface area contributed by atoms with Crippen molar-refractivity contribution in [1.29, 1.82) is 0 Å². The molecule has 0 aliphatic rings. The molecule has 0 saturated heterocycles. The van der Waals surface area contributed by atoms with Gasteiger partial charge in [0.1, 0.15) is 30.3 Å². The number of nitrogens with zero attached hydrogens (tertiary/aromatic N) is 3. The second kappa shape index (κ2) is 15.8. The number of aromatic nitrogens is 2. The highest BCUT2D eigenvalue weighted by Crippen LogP contribution is 2.42. The van der Waals surface area contributed by atoms with Gasteiger partial charge in [0.05, 0.1) is 5.39 Å². The van der Waals surface area contributed by atoms with Gasteiger partial charge in [-0.2, -0.15) is 0 Å². The van der Waals surface area contributed by atoms with E-state index in [2.05, 4.69) is 56.8 Å². The van der Waals surface area contributed by atoms with E-state index < -0.39 is 0 Å². The van der Waals surface area contributed by atoms with Crippen LogP contribution < -0.4 is 20.7 Å². The van der Waals surface area contributed by atoms with Gasteiger partial charge >= 0.3 is 6.03 Å². The minimum atomic E-state index is -0.309. The molecular formula is C39H40N6O3. The Bertz CT molecular complexity index is 1910. The van der Waals surface area contributed by atoms with Crippen LogP contribution in [-0.2, 0) is 6.42 Å². The number of anilines is 3. The molecule has 6 rings (SSSR count). The number of furan rings is 1. The number of carbonyl (C=O) groups is 1. The highest BCUT2D eigenvalue weighted by Gasteiger charge is 2.21. The van der Waals surface area contributed by atoms with Crippen LogP contribution in [0.25, 0.3) is 33.6 Å². The van der Waals surface area contributed by atoms with Gasteiger partial charge in [-0.15, -0.1) is 0 Å². The molecule has 0 atom stereocenters. The molecule has 9 heteroatoms. The molecule has 3 N–H and O–H groups in total. The summed E-state index contributed by atoms with van der Waals surface area (Å²) in [5.41, 5.74) is 6.03. The van der Waals surface area contributed by atoms with Gasteiger partial charge in [0, 0.05) is 35.6 Å². The van der Waals surface area contributed by atoms with Gasteiger partial charge in [0.25, 0.3) is 0 Å². The van der Waals surface area contributed by atoms with Crippen molar-refractivity contribution < 1.29 is 13.9 Å². The molecule has 0 spiro atoms. The summed E-state index contributed by atoms with van der Waals surface area (Å²) in [7, 11) is 0. The Morgan fingerprint density at radius 3 is 2.04 bits per heavy atom. The Morgan fingerprint density at radius 1 is 0.771 bits per heavy atom. The van der Waals surface area contributed by atoms with Gasteiger partial charge in [0.2, 0.25) is 5.71 Å². The maximum atomic E-state index is 12.6. The molecule has 0 fully saturated rings. The summed E-state index contributed by atoms with van der Waals surface area (Å²) in [5.74, 6) is 2.26. The first-order valence-electron chi connectivity index (χ1n) is 16.4. The smallest absolute Gasteiger partial charge is 0.323 e. The standard InChI is InChI=1S/C39H40N6O3/c1-3-45(4-2)25-26-47-33-21-19-32(20-22-33)44-39(46)43-31-17-15-28(16-18-31)23-24-40-37-35-34(29-11-7-5-8-12-29)36(30-13-9-6-10-14-30)48-38(35)42-27-41-37/h5-22,27H,3-4,23-26H2,1-2H3,(H,40,41,42)(H2,43,44,46). The van der Waals surface area contributed by atoms with Crippen LogP contribution in [0.1, 0.15) is 19.4 Å². The van der Waals surface area contributed by atoms with Crippen molar-refractivity contribution in [3.8, 4) is 28.2 Å². The number of carbonyl (C=O) groups excluding carboxylic acids is 1. The zero-order valence-corrected chi connectivity index (χ0v) is 27.3. The molecule has 2 heterocycles. The van der Waals surface area contributed by atoms with Crippen molar-refractivity contribution in [2.75, 3.05) is 48.7 Å². The SMILES string of the molecule is CCN(CC)CCOc1ccc(NC(=O)Nc2ccc(CCNc3ncnc4oc(-c5ccccc5)c(-c5ccccc5)c34)cc2)cc1. The Kier molecular flexibility index (Phi) is 10.6. The van der Waals surface area contributed by atoms with Crippen molar-refractivity contribution in [3.63, 3.8) is 0 Å². The number of hydrogen-bond acceptors (Lipinski definition) is 7. The predicted octanol–water partition coefficient (Wildman–Crippen LogP) is 8.58. The van der Waals surface area contributed by atoms with Crippen LogP contribution in [0.15, 0.2) is 120 Å². The zero-order valence-electron chi connectivity index (χ0n) is 27.3. The zero-order chi connectivity index (χ0) is 33.1. The molecule has 244 valence electrons. The van der Waals surface area contributed by atoms with Gasteiger partial charge in [-0.25, -0.2) is 14.8 Å². The second-order valence-corrected chi connectivity index (χ2v) is 11.3. The van der Waals surface area contributed by atoms with E-state index in [1.54, 1.807) is 0 Å². The molecule has 2 amide bonds. The first-order valence-corrected chi connectivity index (χ1v) is 16.4. The maximum Gasteiger partial charge on any atom is 0.323 e. The lowest BCUT2D eigenvalue weighted by atomic mass is 9.99. The van der Waals surface area contributed by atoms with Crippen molar-refractivity contribution >= 4 is 34.3 Å². The third kappa shape index (κ3) is 8.00. The number of likely N-dealkylation sites (N-methyl/N-ethyl adjacent to an activating group) is 1. The Morgan fingerprint density at radius 2 is 1.40 bits per heavy atom. The van der Waals surface area contributed by atoms with Gasteiger partial charge in [-0.1, -0.05) is 86.6 Å². The predicted molar refractivity (Wildman–Crippen MR) is 194 cm³/mol. The number of nitrogens with one attached hydrogen (secondary N) is 3. The van der Waals surface area contributed by atoms with Gasteiger partial charge < -0.3 is 30.0 Å². The highest BCUT2D eigenvalue weighted by molar-refractivity contribution is 6.05. The molecule has 0 unspecified atom stereocenters. The van der Waals surface area contributed by atoms with E-state index in [1.807, 2.05) is 97.1 Å².